The third kappa shape index (κ3) is 3.35. The normalized spacial score (nSPS) is 11.3. The first-order chi connectivity index (χ1) is 17.8. The van der Waals surface area contributed by atoms with Crippen LogP contribution < -0.4 is 4.90 Å². The standard InChI is InChI=1S/C30H21N5O/c1-2-15-29-26(12-1)27-13-5-14-28(30(27)36-29)35(24-10-3-8-22(20-24)33-18-6-16-31-33)25-11-4-9-23(21-25)34-19-7-17-32-34/h1-21H. The van der Waals surface area contributed by atoms with E-state index in [4.69, 9.17) is 4.42 Å². The smallest absolute Gasteiger partial charge is 0.159 e. The van der Waals surface area contributed by atoms with Crippen LogP contribution in [0.1, 0.15) is 0 Å². The van der Waals surface area contributed by atoms with Gasteiger partial charge in [-0.3, -0.25) is 0 Å². The van der Waals surface area contributed by atoms with Gasteiger partial charge in [-0.05, 0) is 60.7 Å². The van der Waals surface area contributed by atoms with Crippen LogP contribution in [0.5, 0.6) is 0 Å². The van der Waals surface area contributed by atoms with Crippen LogP contribution in [0.4, 0.5) is 17.1 Å². The number of benzene rings is 4. The lowest BCUT2D eigenvalue weighted by molar-refractivity contribution is 0.669. The van der Waals surface area contributed by atoms with Crippen LogP contribution >= 0.6 is 0 Å². The molecule has 7 aromatic rings. The van der Waals surface area contributed by atoms with E-state index in [1.165, 1.54) is 0 Å². The molecule has 0 saturated heterocycles. The van der Waals surface area contributed by atoms with Gasteiger partial charge < -0.3 is 9.32 Å². The molecule has 0 amide bonds. The number of aromatic nitrogens is 4. The van der Waals surface area contributed by atoms with Crippen molar-refractivity contribution in [2.45, 2.75) is 0 Å². The number of para-hydroxylation sites is 2. The molecule has 36 heavy (non-hydrogen) atoms. The zero-order chi connectivity index (χ0) is 23.9. The predicted molar refractivity (Wildman–Crippen MR) is 143 cm³/mol. The zero-order valence-corrected chi connectivity index (χ0v) is 19.3. The largest absolute Gasteiger partial charge is 0.454 e. The Hall–Kier alpha value is -5.10. The number of nitrogens with zero attached hydrogens (tertiary/aromatic N) is 5. The molecular weight excluding hydrogens is 446 g/mol. The summed E-state index contributed by atoms with van der Waals surface area (Å²) in [5.74, 6) is 0. The molecule has 172 valence electrons. The molecule has 7 rings (SSSR count). The monoisotopic (exact) mass is 467 g/mol. The van der Waals surface area contributed by atoms with E-state index in [1.54, 1.807) is 12.4 Å². The van der Waals surface area contributed by atoms with Gasteiger partial charge in [0, 0.05) is 46.9 Å². The first-order valence-corrected chi connectivity index (χ1v) is 11.8. The predicted octanol–water partition coefficient (Wildman–Crippen LogP) is 7.43. The van der Waals surface area contributed by atoms with Crippen LogP contribution in [0.2, 0.25) is 0 Å². The molecule has 6 heteroatoms. The van der Waals surface area contributed by atoms with Gasteiger partial charge in [0.25, 0.3) is 0 Å². The summed E-state index contributed by atoms with van der Waals surface area (Å²) < 4.78 is 10.2. The molecule has 3 aromatic heterocycles. The molecule has 0 aliphatic heterocycles. The van der Waals surface area contributed by atoms with Gasteiger partial charge in [0.05, 0.1) is 17.1 Å². The Morgan fingerprint density at radius 1 is 0.583 bits per heavy atom. The highest BCUT2D eigenvalue weighted by molar-refractivity contribution is 6.10. The van der Waals surface area contributed by atoms with E-state index in [0.29, 0.717) is 0 Å². The molecule has 0 unspecified atom stereocenters. The highest BCUT2D eigenvalue weighted by Crippen LogP contribution is 2.42. The lowest BCUT2D eigenvalue weighted by Gasteiger charge is -2.26. The molecular formula is C30H21N5O. The minimum atomic E-state index is 0.840. The second kappa shape index (κ2) is 8.29. The number of anilines is 3. The number of hydrogen-bond acceptors (Lipinski definition) is 4. The van der Waals surface area contributed by atoms with Crippen LogP contribution in [0.15, 0.2) is 132 Å². The van der Waals surface area contributed by atoms with Crippen LogP contribution in [0.3, 0.4) is 0 Å². The van der Waals surface area contributed by atoms with Crippen LogP contribution in [-0.2, 0) is 0 Å². The Bertz CT molecular complexity index is 1720. The van der Waals surface area contributed by atoms with Gasteiger partial charge in [-0.15, -0.1) is 0 Å². The Kier molecular flexibility index (Phi) is 4.67. The van der Waals surface area contributed by atoms with Crippen molar-refractivity contribution >= 4 is 39.0 Å². The number of hydrogen-bond donors (Lipinski definition) is 0. The van der Waals surface area contributed by atoms with Gasteiger partial charge in [0.2, 0.25) is 0 Å². The minimum Gasteiger partial charge on any atom is -0.454 e. The van der Waals surface area contributed by atoms with Crippen LogP contribution in [0.25, 0.3) is 33.3 Å². The molecule has 0 aliphatic rings. The van der Waals surface area contributed by atoms with Crippen LogP contribution in [0, 0.1) is 0 Å². The fraction of sp³-hybridized carbons (Fsp3) is 0. The van der Waals surface area contributed by atoms with Gasteiger partial charge in [-0.2, -0.15) is 10.2 Å². The van der Waals surface area contributed by atoms with Crippen molar-refractivity contribution in [3.63, 3.8) is 0 Å². The lowest BCUT2D eigenvalue weighted by Crippen LogP contribution is -2.11. The molecule has 3 heterocycles. The molecule has 0 spiro atoms. The van der Waals surface area contributed by atoms with E-state index in [0.717, 1.165) is 50.4 Å². The van der Waals surface area contributed by atoms with Crippen molar-refractivity contribution in [2.24, 2.45) is 0 Å². The zero-order valence-electron chi connectivity index (χ0n) is 19.3. The second-order valence-electron chi connectivity index (χ2n) is 8.53. The van der Waals surface area contributed by atoms with Crippen molar-refractivity contribution in [3.05, 3.63) is 128 Å². The third-order valence-electron chi connectivity index (χ3n) is 6.34. The summed E-state index contributed by atoms with van der Waals surface area (Å²) in [5, 5.41) is 11.0. The van der Waals surface area contributed by atoms with Gasteiger partial charge in [0.15, 0.2) is 5.58 Å². The molecule has 0 fully saturated rings. The van der Waals surface area contributed by atoms with E-state index in [9.17, 15) is 0 Å². The Labute approximate surface area is 207 Å². The summed E-state index contributed by atoms with van der Waals surface area (Å²) in [6.07, 6.45) is 7.46. The maximum atomic E-state index is 6.44. The number of fused-ring (bicyclic) bond motifs is 3. The summed E-state index contributed by atoms with van der Waals surface area (Å²) in [5.41, 5.74) is 6.61. The van der Waals surface area contributed by atoms with Gasteiger partial charge in [-0.1, -0.05) is 42.5 Å². The molecule has 0 atom stereocenters. The molecule has 0 bridgehead atoms. The fourth-order valence-corrected chi connectivity index (χ4v) is 4.73. The maximum Gasteiger partial charge on any atom is 0.159 e. The van der Waals surface area contributed by atoms with Crippen molar-refractivity contribution in [3.8, 4) is 11.4 Å². The number of rotatable bonds is 5. The van der Waals surface area contributed by atoms with E-state index in [2.05, 4.69) is 87.9 Å². The van der Waals surface area contributed by atoms with Crippen LogP contribution in [-0.4, -0.2) is 19.6 Å². The topological polar surface area (TPSA) is 52.0 Å². The van der Waals surface area contributed by atoms with Crippen molar-refractivity contribution < 1.29 is 4.42 Å². The average Bonchev–Trinajstić information content (AvgIpc) is 3.71. The van der Waals surface area contributed by atoms with E-state index < -0.39 is 0 Å². The molecule has 0 N–H and O–H groups in total. The average molecular weight is 468 g/mol. The summed E-state index contributed by atoms with van der Waals surface area (Å²) in [7, 11) is 0. The second-order valence-corrected chi connectivity index (χ2v) is 8.53. The first kappa shape index (κ1) is 20.3. The van der Waals surface area contributed by atoms with E-state index >= 15 is 0 Å². The summed E-state index contributed by atoms with van der Waals surface area (Å²) >= 11 is 0. The summed E-state index contributed by atoms with van der Waals surface area (Å²) in [6.45, 7) is 0. The Balaban J connectivity index is 1.48. The van der Waals surface area contributed by atoms with E-state index in [-0.39, 0.29) is 0 Å². The van der Waals surface area contributed by atoms with Gasteiger partial charge in [0.1, 0.15) is 5.58 Å². The lowest BCUT2D eigenvalue weighted by atomic mass is 10.1. The molecule has 6 nitrogen and oxygen atoms in total. The molecule has 4 aromatic carbocycles. The number of furan rings is 1. The highest BCUT2D eigenvalue weighted by Gasteiger charge is 2.20. The summed E-state index contributed by atoms with van der Waals surface area (Å²) in [4.78, 5) is 2.23. The summed E-state index contributed by atoms with van der Waals surface area (Å²) in [6, 6.07) is 35.0. The maximum absolute atomic E-state index is 6.44. The fourth-order valence-electron chi connectivity index (χ4n) is 4.73. The quantitative estimate of drug-likeness (QED) is 0.264. The van der Waals surface area contributed by atoms with Gasteiger partial charge >= 0.3 is 0 Å². The van der Waals surface area contributed by atoms with E-state index in [1.807, 2.05) is 52.1 Å². The Morgan fingerprint density at radius 3 is 1.83 bits per heavy atom. The minimum absolute atomic E-state index is 0.840. The SMILES string of the molecule is c1cc(N(c2cccc(-n3cccn3)c2)c2cccc3c2oc2ccccc23)cc(-n2cccn2)c1. The molecule has 0 aliphatic carbocycles. The molecule has 0 saturated carbocycles. The third-order valence-corrected chi connectivity index (χ3v) is 6.34. The highest BCUT2D eigenvalue weighted by atomic mass is 16.3. The van der Waals surface area contributed by atoms with Crippen molar-refractivity contribution in [2.75, 3.05) is 4.90 Å². The van der Waals surface area contributed by atoms with Crippen molar-refractivity contribution in [1.82, 2.24) is 19.6 Å². The van der Waals surface area contributed by atoms with Crippen molar-refractivity contribution in [1.29, 1.82) is 0 Å². The first-order valence-electron chi connectivity index (χ1n) is 11.8. The molecule has 0 radical (unpaired) electrons. The van der Waals surface area contributed by atoms with Gasteiger partial charge in [-0.25, -0.2) is 9.36 Å². The Morgan fingerprint density at radius 2 is 1.19 bits per heavy atom.